The number of likely N-dealkylation sites (tertiary alicyclic amines) is 1. The van der Waals surface area contributed by atoms with Crippen LogP contribution < -0.4 is 15.5 Å². The summed E-state index contributed by atoms with van der Waals surface area (Å²) < 4.78 is 0. The number of carbonyl (C=O) groups is 1. The van der Waals surface area contributed by atoms with Gasteiger partial charge >= 0.3 is 0 Å². The van der Waals surface area contributed by atoms with Gasteiger partial charge in [-0.3, -0.25) is 9.79 Å². The van der Waals surface area contributed by atoms with Crippen LogP contribution in [0.15, 0.2) is 23.3 Å². The van der Waals surface area contributed by atoms with Gasteiger partial charge in [-0.05, 0) is 44.7 Å². The fourth-order valence-electron chi connectivity index (χ4n) is 3.97. The van der Waals surface area contributed by atoms with Crippen molar-refractivity contribution in [3.05, 3.63) is 23.4 Å². The first kappa shape index (κ1) is 24.0. The maximum atomic E-state index is 12.5. The van der Waals surface area contributed by atoms with Gasteiger partial charge < -0.3 is 20.4 Å². The molecule has 0 spiro atoms. The Balaban J connectivity index is 0.00000300. The second-order valence-corrected chi connectivity index (χ2v) is 7.97. The molecule has 2 aliphatic rings. The smallest absolute Gasteiger partial charge is 0.224 e. The summed E-state index contributed by atoms with van der Waals surface area (Å²) in [6.45, 7) is 5.34. The maximum absolute atomic E-state index is 12.5. The van der Waals surface area contributed by atoms with Crippen molar-refractivity contribution in [2.45, 2.75) is 51.1 Å². The van der Waals surface area contributed by atoms with Crippen molar-refractivity contribution in [3.63, 3.8) is 0 Å². The van der Waals surface area contributed by atoms with Crippen LogP contribution in [-0.4, -0.2) is 67.1 Å². The Bertz CT molecular complexity index is 703. The molecule has 0 aliphatic carbocycles. The number of nitrogens with one attached hydrogen (secondary N) is 2. The fourth-order valence-corrected chi connectivity index (χ4v) is 4.21. The third kappa shape index (κ3) is 6.60. The number of guanidine groups is 1. The van der Waals surface area contributed by atoms with Crippen molar-refractivity contribution in [2.75, 3.05) is 38.1 Å². The van der Waals surface area contributed by atoms with Crippen LogP contribution in [0.3, 0.4) is 0 Å². The molecule has 0 saturated carbocycles. The molecule has 1 amide bonds. The van der Waals surface area contributed by atoms with Crippen molar-refractivity contribution in [1.29, 1.82) is 0 Å². The molecule has 162 valence electrons. The summed E-state index contributed by atoms with van der Waals surface area (Å²) in [5.74, 6) is 1.79. The number of nitrogens with zero attached hydrogens (tertiary/aromatic N) is 4. The number of pyridine rings is 1. The molecule has 3 heterocycles. The minimum Gasteiger partial charge on any atom is -0.356 e. The normalized spacial score (nSPS) is 22.2. The van der Waals surface area contributed by atoms with Crippen molar-refractivity contribution in [1.82, 2.24) is 20.5 Å². The minimum absolute atomic E-state index is 0. The molecule has 0 aromatic carbocycles. The fraction of sp³-hybridized carbons (Fsp3) is 0.650. The molecule has 2 fully saturated rings. The molecular weight excluding hydrogens is 503 g/mol. The van der Waals surface area contributed by atoms with Crippen LogP contribution in [0.5, 0.6) is 0 Å². The molecule has 2 aliphatic heterocycles. The number of halogens is 2. The quantitative estimate of drug-likeness (QED) is 0.345. The van der Waals surface area contributed by atoms with Crippen LogP contribution in [0, 0.1) is 0 Å². The van der Waals surface area contributed by atoms with Crippen LogP contribution in [0.4, 0.5) is 5.82 Å². The highest BCUT2D eigenvalue weighted by Crippen LogP contribution is 2.25. The summed E-state index contributed by atoms with van der Waals surface area (Å²) >= 11 is 6.26. The van der Waals surface area contributed by atoms with Gasteiger partial charge in [0.2, 0.25) is 5.91 Å². The molecule has 7 nitrogen and oxygen atoms in total. The first-order valence-electron chi connectivity index (χ1n) is 10.2. The minimum atomic E-state index is 0. The second-order valence-electron chi connectivity index (χ2n) is 7.57. The summed E-state index contributed by atoms with van der Waals surface area (Å²) in [6, 6.07) is 4.34. The van der Waals surface area contributed by atoms with Gasteiger partial charge in [-0.15, -0.1) is 24.0 Å². The van der Waals surface area contributed by atoms with Gasteiger partial charge in [-0.1, -0.05) is 11.6 Å². The van der Waals surface area contributed by atoms with E-state index in [-0.39, 0.29) is 35.9 Å². The molecule has 2 unspecified atom stereocenters. The molecule has 0 bridgehead atoms. The van der Waals surface area contributed by atoms with Gasteiger partial charge in [0, 0.05) is 57.9 Å². The Hall–Kier alpha value is -1.29. The molecule has 1 aromatic heterocycles. The second kappa shape index (κ2) is 11.8. The standard InChI is InChI=1S/C20H31ClN6O.HI/c1-15-6-3-4-12-27(15)18(28)8-11-24-20(22-2)25-16-9-13-26(14-16)19-17(21)7-5-10-23-19;/h5,7,10,15-16H,3-4,6,8-9,11-14H2,1-2H3,(H2,22,24,25);1H. The van der Waals surface area contributed by atoms with Gasteiger partial charge in [-0.2, -0.15) is 0 Å². The van der Waals surface area contributed by atoms with Crippen LogP contribution in [0.2, 0.25) is 5.02 Å². The van der Waals surface area contributed by atoms with E-state index in [0.717, 1.165) is 50.7 Å². The van der Waals surface area contributed by atoms with E-state index in [4.69, 9.17) is 11.6 Å². The van der Waals surface area contributed by atoms with E-state index in [9.17, 15) is 4.79 Å². The predicted molar refractivity (Wildman–Crippen MR) is 129 cm³/mol. The number of rotatable bonds is 5. The summed E-state index contributed by atoms with van der Waals surface area (Å²) in [4.78, 5) is 25.4. The average molecular weight is 535 g/mol. The SMILES string of the molecule is CN=C(NCCC(=O)N1CCCCC1C)NC1CCN(c2ncccc2Cl)C1.I. The zero-order chi connectivity index (χ0) is 19.9. The van der Waals surface area contributed by atoms with Gasteiger partial charge in [0.05, 0.1) is 5.02 Å². The van der Waals surface area contributed by atoms with Gasteiger partial charge in [0.1, 0.15) is 5.82 Å². The molecule has 29 heavy (non-hydrogen) atoms. The Labute approximate surface area is 195 Å². The van der Waals surface area contributed by atoms with E-state index in [1.807, 2.05) is 17.0 Å². The number of aromatic nitrogens is 1. The highest BCUT2D eigenvalue weighted by atomic mass is 127. The van der Waals surface area contributed by atoms with Gasteiger partial charge in [0.15, 0.2) is 5.96 Å². The van der Waals surface area contributed by atoms with Crippen molar-refractivity contribution in [2.24, 2.45) is 4.99 Å². The highest BCUT2D eigenvalue weighted by Gasteiger charge is 2.26. The molecule has 2 N–H and O–H groups in total. The topological polar surface area (TPSA) is 72.9 Å². The first-order valence-corrected chi connectivity index (χ1v) is 10.6. The molecular formula is C20H32ClIN6O. The lowest BCUT2D eigenvalue weighted by Gasteiger charge is -2.33. The maximum Gasteiger partial charge on any atom is 0.224 e. The lowest BCUT2D eigenvalue weighted by molar-refractivity contribution is -0.134. The van der Waals surface area contributed by atoms with Crippen LogP contribution >= 0.6 is 35.6 Å². The molecule has 9 heteroatoms. The first-order chi connectivity index (χ1) is 13.6. The van der Waals surface area contributed by atoms with Crippen LogP contribution in [0.25, 0.3) is 0 Å². The van der Waals surface area contributed by atoms with E-state index < -0.39 is 0 Å². The largest absolute Gasteiger partial charge is 0.356 e. The molecule has 2 atom stereocenters. The Morgan fingerprint density at radius 1 is 1.34 bits per heavy atom. The van der Waals surface area contributed by atoms with Crippen LogP contribution in [0.1, 0.15) is 39.0 Å². The lowest BCUT2D eigenvalue weighted by Crippen LogP contribution is -2.46. The highest BCUT2D eigenvalue weighted by molar-refractivity contribution is 14.0. The Kier molecular flexibility index (Phi) is 9.74. The summed E-state index contributed by atoms with van der Waals surface area (Å²) in [6.07, 6.45) is 6.69. The number of piperidine rings is 1. The van der Waals surface area contributed by atoms with E-state index in [1.165, 1.54) is 6.42 Å². The monoisotopic (exact) mass is 534 g/mol. The predicted octanol–water partition coefficient (Wildman–Crippen LogP) is 2.89. The summed E-state index contributed by atoms with van der Waals surface area (Å²) in [7, 11) is 1.76. The summed E-state index contributed by atoms with van der Waals surface area (Å²) in [5.41, 5.74) is 0. The molecule has 0 radical (unpaired) electrons. The van der Waals surface area contributed by atoms with Crippen molar-refractivity contribution >= 4 is 53.3 Å². The molecule has 3 rings (SSSR count). The van der Waals surface area contributed by atoms with Gasteiger partial charge in [0.25, 0.3) is 0 Å². The van der Waals surface area contributed by atoms with Crippen molar-refractivity contribution < 1.29 is 4.79 Å². The average Bonchev–Trinajstić information content (AvgIpc) is 3.16. The van der Waals surface area contributed by atoms with Gasteiger partial charge in [-0.25, -0.2) is 4.98 Å². The third-order valence-electron chi connectivity index (χ3n) is 5.55. The number of hydrogen-bond acceptors (Lipinski definition) is 4. The Morgan fingerprint density at radius 3 is 2.90 bits per heavy atom. The zero-order valence-electron chi connectivity index (χ0n) is 17.2. The zero-order valence-corrected chi connectivity index (χ0v) is 20.3. The number of aliphatic imine (C=N–C) groups is 1. The summed E-state index contributed by atoms with van der Waals surface area (Å²) in [5, 5.41) is 7.40. The third-order valence-corrected chi connectivity index (χ3v) is 5.84. The lowest BCUT2D eigenvalue weighted by atomic mass is 10.0. The van der Waals surface area contributed by atoms with E-state index in [1.54, 1.807) is 13.2 Å². The molecule has 2 saturated heterocycles. The van der Waals surface area contributed by atoms with E-state index in [0.29, 0.717) is 24.0 Å². The van der Waals surface area contributed by atoms with Crippen molar-refractivity contribution in [3.8, 4) is 0 Å². The van der Waals surface area contributed by atoms with E-state index >= 15 is 0 Å². The Morgan fingerprint density at radius 2 is 2.17 bits per heavy atom. The van der Waals surface area contributed by atoms with Crippen LogP contribution in [-0.2, 0) is 4.79 Å². The number of anilines is 1. The molecule has 1 aromatic rings. The number of carbonyl (C=O) groups excluding carboxylic acids is 1. The number of amides is 1. The van der Waals surface area contributed by atoms with E-state index in [2.05, 4.69) is 32.4 Å². The number of hydrogen-bond donors (Lipinski definition) is 2.